The van der Waals surface area contributed by atoms with Gasteiger partial charge in [0.1, 0.15) is 0 Å². The first-order chi connectivity index (χ1) is 13.9. The zero-order valence-electron chi connectivity index (χ0n) is 16.2. The molecule has 0 spiro atoms. The van der Waals surface area contributed by atoms with Gasteiger partial charge < -0.3 is 25.8 Å². The van der Waals surface area contributed by atoms with Crippen molar-refractivity contribution in [2.24, 2.45) is 10.7 Å². The molecule has 0 atom stereocenters. The minimum absolute atomic E-state index is 0.00524. The van der Waals surface area contributed by atoms with Crippen LogP contribution in [0.4, 0.5) is 8.78 Å². The summed E-state index contributed by atoms with van der Waals surface area (Å²) in [4.78, 5) is 15.2. The van der Waals surface area contributed by atoms with Gasteiger partial charge in [-0.2, -0.15) is 8.78 Å². The number of hydrogen-bond acceptors (Lipinski definition) is 4. The molecule has 9 heteroatoms. The summed E-state index contributed by atoms with van der Waals surface area (Å²) in [7, 11) is 1.60. The number of benzene rings is 2. The molecule has 0 heterocycles. The number of halogens is 2. The van der Waals surface area contributed by atoms with Crippen LogP contribution in [0, 0.1) is 0 Å². The van der Waals surface area contributed by atoms with Crippen molar-refractivity contribution < 1.29 is 23.0 Å². The molecule has 0 bridgehead atoms. The number of rotatable bonds is 9. The van der Waals surface area contributed by atoms with Crippen LogP contribution in [-0.4, -0.2) is 32.1 Å². The Kier molecular flexibility index (Phi) is 8.20. The van der Waals surface area contributed by atoms with E-state index >= 15 is 0 Å². The van der Waals surface area contributed by atoms with Gasteiger partial charge in [-0.1, -0.05) is 24.3 Å². The summed E-state index contributed by atoms with van der Waals surface area (Å²) in [5, 5.41) is 6.16. The molecule has 29 heavy (non-hydrogen) atoms. The number of hydrogen-bond donors (Lipinski definition) is 3. The Balaban J connectivity index is 2.01. The molecule has 0 aliphatic carbocycles. The fraction of sp³-hybridized carbons (Fsp3) is 0.300. The molecule has 2 aromatic rings. The van der Waals surface area contributed by atoms with Gasteiger partial charge in [0.15, 0.2) is 17.5 Å². The average molecular weight is 406 g/mol. The van der Waals surface area contributed by atoms with Gasteiger partial charge in [0.25, 0.3) is 0 Å². The zero-order chi connectivity index (χ0) is 21.2. The highest BCUT2D eigenvalue weighted by molar-refractivity contribution is 5.92. The number of carbonyl (C=O) groups is 1. The van der Waals surface area contributed by atoms with Crippen LogP contribution in [0.25, 0.3) is 0 Å². The Morgan fingerprint density at radius 2 is 1.83 bits per heavy atom. The molecule has 0 aliphatic rings. The highest BCUT2D eigenvalue weighted by Gasteiger charge is 2.16. The second-order valence-electron chi connectivity index (χ2n) is 5.90. The summed E-state index contributed by atoms with van der Waals surface area (Å²) in [6.45, 7) is -0.231. The lowest BCUT2D eigenvalue weighted by molar-refractivity contribution is -0.0520. The van der Waals surface area contributed by atoms with E-state index < -0.39 is 12.5 Å². The molecule has 1 amide bonds. The van der Waals surface area contributed by atoms with E-state index in [1.54, 1.807) is 56.4 Å². The number of carbonyl (C=O) groups excluding carboxylic acids is 1. The summed E-state index contributed by atoms with van der Waals surface area (Å²) in [6.07, 6.45) is 0. The van der Waals surface area contributed by atoms with Crippen molar-refractivity contribution in [1.82, 2.24) is 10.6 Å². The van der Waals surface area contributed by atoms with Gasteiger partial charge >= 0.3 is 6.61 Å². The number of nitrogens with two attached hydrogens (primary N) is 1. The molecule has 0 radical (unpaired) electrons. The number of nitrogens with zero attached hydrogens (tertiary/aromatic N) is 1. The van der Waals surface area contributed by atoms with Crippen LogP contribution in [0.3, 0.4) is 0 Å². The number of para-hydroxylation sites is 1. The van der Waals surface area contributed by atoms with E-state index in [0.29, 0.717) is 30.2 Å². The van der Waals surface area contributed by atoms with Gasteiger partial charge in [0, 0.05) is 31.3 Å². The topological polar surface area (TPSA) is 98.0 Å². The Morgan fingerprint density at radius 3 is 2.41 bits per heavy atom. The van der Waals surface area contributed by atoms with E-state index in [2.05, 4.69) is 20.4 Å². The van der Waals surface area contributed by atoms with Crippen LogP contribution in [0.15, 0.2) is 47.5 Å². The second kappa shape index (κ2) is 10.8. The van der Waals surface area contributed by atoms with E-state index in [1.165, 1.54) is 0 Å². The number of amides is 1. The third-order valence-electron chi connectivity index (χ3n) is 3.94. The minimum atomic E-state index is -2.96. The Labute approximate surface area is 167 Å². The molecule has 156 valence electrons. The van der Waals surface area contributed by atoms with Gasteiger partial charge in [0.2, 0.25) is 5.91 Å². The van der Waals surface area contributed by atoms with Crippen LogP contribution in [0.1, 0.15) is 28.4 Å². The van der Waals surface area contributed by atoms with Gasteiger partial charge in [0.05, 0.1) is 6.61 Å². The lowest BCUT2D eigenvalue weighted by Gasteiger charge is -2.17. The maximum atomic E-state index is 12.8. The van der Waals surface area contributed by atoms with Gasteiger partial charge in [-0.25, -0.2) is 0 Å². The number of aliphatic imine (C=N–C) groups is 1. The first-order valence-corrected chi connectivity index (χ1v) is 8.97. The van der Waals surface area contributed by atoms with E-state index in [-0.39, 0.29) is 18.0 Å². The third-order valence-corrected chi connectivity index (χ3v) is 3.94. The van der Waals surface area contributed by atoms with Crippen LogP contribution in [-0.2, 0) is 13.1 Å². The normalized spacial score (nSPS) is 11.3. The van der Waals surface area contributed by atoms with Gasteiger partial charge in [-0.05, 0) is 30.7 Å². The number of primary amides is 1. The highest BCUT2D eigenvalue weighted by atomic mass is 19.3. The maximum Gasteiger partial charge on any atom is 0.387 e. The summed E-state index contributed by atoms with van der Waals surface area (Å²) in [6, 6.07) is 11.8. The smallest absolute Gasteiger partial charge is 0.387 e. The largest absolute Gasteiger partial charge is 0.490 e. The third kappa shape index (κ3) is 6.63. The quantitative estimate of drug-likeness (QED) is 0.439. The lowest BCUT2D eigenvalue weighted by atomic mass is 10.1. The molecule has 0 saturated heterocycles. The molecular weight excluding hydrogens is 382 g/mol. The summed E-state index contributed by atoms with van der Waals surface area (Å²) in [5.41, 5.74) is 7.07. The fourth-order valence-electron chi connectivity index (χ4n) is 2.56. The summed E-state index contributed by atoms with van der Waals surface area (Å²) >= 11 is 0. The van der Waals surface area contributed by atoms with Crippen molar-refractivity contribution in [3.05, 3.63) is 59.2 Å². The molecular formula is C20H24F2N4O3. The second-order valence-corrected chi connectivity index (χ2v) is 5.90. The minimum Gasteiger partial charge on any atom is -0.490 e. The molecule has 0 unspecified atom stereocenters. The molecule has 0 aliphatic heterocycles. The number of nitrogens with one attached hydrogen (secondary N) is 2. The molecule has 7 nitrogen and oxygen atoms in total. The number of guanidine groups is 1. The van der Waals surface area contributed by atoms with E-state index in [1.807, 2.05) is 0 Å². The predicted octanol–water partition coefficient (Wildman–Crippen LogP) is 2.65. The molecule has 0 aromatic heterocycles. The van der Waals surface area contributed by atoms with Crippen molar-refractivity contribution in [1.29, 1.82) is 0 Å². The highest BCUT2D eigenvalue weighted by Crippen LogP contribution is 2.32. The van der Waals surface area contributed by atoms with Gasteiger partial charge in [-0.15, -0.1) is 0 Å². The molecule has 0 fully saturated rings. The first kappa shape index (κ1) is 21.9. The Morgan fingerprint density at radius 1 is 1.14 bits per heavy atom. The predicted molar refractivity (Wildman–Crippen MR) is 106 cm³/mol. The maximum absolute atomic E-state index is 12.8. The molecule has 2 rings (SSSR count). The van der Waals surface area contributed by atoms with E-state index in [4.69, 9.17) is 10.5 Å². The average Bonchev–Trinajstić information content (AvgIpc) is 2.70. The number of ether oxygens (including phenoxy) is 2. The number of alkyl halides is 2. The summed E-state index contributed by atoms with van der Waals surface area (Å²) < 4.78 is 35.7. The van der Waals surface area contributed by atoms with Crippen LogP contribution < -0.4 is 25.8 Å². The van der Waals surface area contributed by atoms with Gasteiger partial charge in [-0.3, -0.25) is 9.79 Å². The van der Waals surface area contributed by atoms with Crippen molar-refractivity contribution in [2.75, 3.05) is 13.7 Å². The monoisotopic (exact) mass is 406 g/mol. The van der Waals surface area contributed by atoms with E-state index in [0.717, 1.165) is 5.56 Å². The molecule has 0 saturated carbocycles. The van der Waals surface area contributed by atoms with Crippen molar-refractivity contribution in [3.8, 4) is 11.5 Å². The van der Waals surface area contributed by atoms with Crippen molar-refractivity contribution >= 4 is 11.9 Å². The SMILES string of the molecule is CCOc1cccc(CNC(=NC)NCc2ccc(C(N)=O)cc2)c1OC(F)F. The van der Waals surface area contributed by atoms with Crippen LogP contribution in [0.2, 0.25) is 0 Å². The van der Waals surface area contributed by atoms with Crippen molar-refractivity contribution in [2.45, 2.75) is 26.6 Å². The zero-order valence-corrected chi connectivity index (χ0v) is 16.2. The fourth-order valence-corrected chi connectivity index (χ4v) is 2.56. The van der Waals surface area contributed by atoms with Crippen LogP contribution in [0.5, 0.6) is 11.5 Å². The lowest BCUT2D eigenvalue weighted by Crippen LogP contribution is -2.36. The molecule has 2 aromatic carbocycles. The van der Waals surface area contributed by atoms with Crippen molar-refractivity contribution in [3.63, 3.8) is 0 Å². The Hall–Kier alpha value is -3.36. The standard InChI is InChI=1S/C20H24F2N4O3/c1-3-28-16-6-4-5-15(17(16)29-19(21)22)12-26-20(24-2)25-11-13-7-9-14(10-8-13)18(23)27/h4-10,19H,3,11-12H2,1-2H3,(H2,23,27)(H2,24,25,26). The first-order valence-electron chi connectivity index (χ1n) is 8.97. The Bertz CT molecular complexity index is 842. The van der Waals surface area contributed by atoms with E-state index in [9.17, 15) is 13.6 Å². The molecule has 4 N–H and O–H groups in total. The van der Waals surface area contributed by atoms with Crippen LogP contribution >= 0.6 is 0 Å². The summed E-state index contributed by atoms with van der Waals surface area (Å²) in [5.74, 6) is 0.228.